The molecule has 1 rings (SSSR count). The van der Waals surface area contributed by atoms with Gasteiger partial charge in [-0.3, -0.25) is 4.79 Å². The van der Waals surface area contributed by atoms with Gasteiger partial charge in [-0.2, -0.15) is 0 Å². The Morgan fingerprint density at radius 1 is 1.24 bits per heavy atom. The van der Waals surface area contributed by atoms with Gasteiger partial charge in [-0.15, -0.1) is 0 Å². The molecule has 1 aromatic carbocycles. The minimum Gasteiger partial charge on any atom is -0.497 e. The van der Waals surface area contributed by atoms with Crippen LogP contribution in [0.1, 0.15) is 37.0 Å². The van der Waals surface area contributed by atoms with Crippen LogP contribution >= 0.6 is 0 Å². The standard InChI is InChI=1S/C14H20O3/c1-5-14(6-2,17-4)13(15)11-8-7-9-12(10-11)16-3/h7-10H,5-6H2,1-4H3. The van der Waals surface area contributed by atoms with E-state index in [0.717, 1.165) is 0 Å². The van der Waals surface area contributed by atoms with E-state index in [9.17, 15) is 4.79 Å². The average molecular weight is 236 g/mol. The fraction of sp³-hybridized carbons (Fsp3) is 0.500. The second-order valence-electron chi connectivity index (χ2n) is 3.97. The Morgan fingerprint density at radius 3 is 2.35 bits per heavy atom. The maximum atomic E-state index is 12.4. The summed E-state index contributed by atoms with van der Waals surface area (Å²) in [6, 6.07) is 7.19. The Kier molecular flexibility index (Phi) is 4.70. The van der Waals surface area contributed by atoms with Crippen molar-refractivity contribution in [3.63, 3.8) is 0 Å². The molecule has 0 aromatic heterocycles. The molecule has 0 unspecified atom stereocenters. The third-order valence-electron chi connectivity index (χ3n) is 3.28. The SMILES string of the molecule is CCC(CC)(OC)C(=O)c1cccc(OC)c1. The van der Waals surface area contributed by atoms with Crippen molar-refractivity contribution in [3.8, 4) is 5.75 Å². The van der Waals surface area contributed by atoms with E-state index in [1.807, 2.05) is 26.0 Å². The van der Waals surface area contributed by atoms with Gasteiger partial charge in [0.25, 0.3) is 0 Å². The van der Waals surface area contributed by atoms with Gasteiger partial charge in [0, 0.05) is 12.7 Å². The highest BCUT2D eigenvalue weighted by Gasteiger charge is 2.35. The zero-order valence-electron chi connectivity index (χ0n) is 10.9. The Bertz CT molecular complexity index is 373. The highest BCUT2D eigenvalue weighted by Crippen LogP contribution is 2.26. The largest absolute Gasteiger partial charge is 0.497 e. The fourth-order valence-corrected chi connectivity index (χ4v) is 1.98. The number of methoxy groups -OCH3 is 2. The second kappa shape index (κ2) is 5.82. The number of rotatable bonds is 6. The molecule has 3 heteroatoms. The number of ketones is 1. The fourth-order valence-electron chi connectivity index (χ4n) is 1.98. The van der Waals surface area contributed by atoms with Crippen LogP contribution in [0.4, 0.5) is 0 Å². The van der Waals surface area contributed by atoms with Gasteiger partial charge in [0.1, 0.15) is 11.4 Å². The molecule has 0 saturated heterocycles. The quantitative estimate of drug-likeness (QED) is 0.712. The van der Waals surface area contributed by atoms with E-state index in [2.05, 4.69) is 0 Å². The van der Waals surface area contributed by atoms with Crippen LogP contribution in [0.5, 0.6) is 5.75 Å². The molecule has 0 fully saturated rings. The number of hydrogen-bond acceptors (Lipinski definition) is 3. The molecule has 94 valence electrons. The van der Waals surface area contributed by atoms with Crippen LogP contribution in [-0.4, -0.2) is 25.6 Å². The molecular formula is C14H20O3. The normalized spacial score (nSPS) is 11.3. The smallest absolute Gasteiger partial charge is 0.194 e. The van der Waals surface area contributed by atoms with Crippen molar-refractivity contribution in [2.24, 2.45) is 0 Å². The average Bonchev–Trinajstić information content (AvgIpc) is 2.41. The number of hydrogen-bond donors (Lipinski definition) is 0. The van der Waals surface area contributed by atoms with E-state index >= 15 is 0 Å². The molecule has 17 heavy (non-hydrogen) atoms. The molecule has 0 bridgehead atoms. The van der Waals surface area contributed by atoms with Crippen molar-refractivity contribution in [1.82, 2.24) is 0 Å². The zero-order chi connectivity index (χ0) is 12.9. The van der Waals surface area contributed by atoms with Crippen molar-refractivity contribution in [1.29, 1.82) is 0 Å². The molecule has 0 saturated carbocycles. The van der Waals surface area contributed by atoms with Crippen molar-refractivity contribution >= 4 is 5.78 Å². The van der Waals surface area contributed by atoms with Crippen molar-refractivity contribution in [3.05, 3.63) is 29.8 Å². The van der Waals surface area contributed by atoms with Gasteiger partial charge in [0.15, 0.2) is 5.78 Å². The van der Waals surface area contributed by atoms with Crippen molar-refractivity contribution in [2.75, 3.05) is 14.2 Å². The topological polar surface area (TPSA) is 35.5 Å². The summed E-state index contributed by atoms with van der Waals surface area (Å²) < 4.78 is 10.6. The highest BCUT2D eigenvalue weighted by molar-refractivity contribution is 6.02. The van der Waals surface area contributed by atoms with Crippen molar-refractivity contribution in [2.45, 2.75) is 32.3 Å². The van der Waals surface area contributed by atoms with E-state index in [4.69, 9.17) is 9.47 Å². The zero-order valence-corrected chi connectivity index (χ0v) is 10.9. The molecule has 0 heterocycles. The lowest BCUT2D eigenvalue weighted by Crippen LogP contribution is -2.39. The number of benzene rings is 1. The van der Waals surface area contributed by atoms with Crippen LogP contribution in [-0.2, 0) is 4.74 Å². The summed E-state index contributed by atoms with van der Waals surface area (Å²) in [6.45, 7) is 3.93. The summed E-state index contributed by atoms with van der Waals surface area (Å²) in [5, 5.41) is 0. The van der Waals surface area contributed by atoms with Gasteiger partial charge in [-0.25, -0.2) is 0 Å². The minimum absolute atomic E-state index is 0.0175. The van der Waals surface area contributed by atoms with Gasteiger partial charge in [-0.1, -0.05) is 26.0 Å². The Hall–Kier alpha value is -1.35. The van der Waals surface area contributed by atoms with Gasteiger partial charge < -0.3 is 9.47 Å². The predicted octanol–water partition coefficient (Wildman–Crippen LogP) is 3.08. The first kappa shape index (κ1) is 13.7. The van der Waals surface area contributed by atoms with Gasteiger partial charge >= 0.3 is 0 Å². The van der Waals surface area contributed by atoms with Crippen LogP contribution < -0.4 is 4.74 Å². The number of Topliss-reactive ketones (excluding diaryl/α,β-unsaturated/α-hetero) is 1. The minimum atomic E-state index is -0.716. The molecule has 0 aliphatic heterocycles. The molecule has 0 radical (unpaired) electrons. The van der Waals surface area contributed by atoms with E-state index in [0.29, 0.717) is 24.2 Å². The first-order valence-electron chi connectivity index (χ1n) is 5.87. The van der Waals surface area contributed by atoms with Gasteiger partial charge in [-0.05, 0) is 25.0 Å². The van der Waals surface area contributed by atoms with E-state index in [1.165, 1.54) is 0 Å². The predicted molar refractivity (Wildman–Crippen MR) is 67.6 cm³/mol. The van der Waals surface area contributed by atoms with Crippen LogP contribution in [0.3, 0.4) is 0 Å². The molecular weight excluding hydrogens is 216 g/mol. The first-order chi connectivity index (χ1) is 8.13. The second-order valence-corrected chi connectivity index (χ2v) is 3.97. The summed E-state index contributed by atoms with van der Waals surface area (Å²) in [5.74, 6) is 0.706. The molecule has 0 N–H and O–H groups in total. The lowest BCUT2D eigenvalue weighted by Gasteiger charge is -2.28. The molecule has 0 amide bonds. The van der Waals surface area contributed by atoms with Crippen molar-refractivity contribution < 1.29 is 14.3 Å². The summed E-state index contributed by atoms with van der Waals surface area (Å²) in [5.41, 5.74) is -0.0817. The summed E-state index contributed by atoms with van der Waals surface area (Å²) in [7, 11) is 3.18. The van der Waals surface area contributed by atoms with Crippen LogP contribution in [0.15, 0.2) is 24.3 Å². The molecule has 0 aliphatic rings. The van der Waals surface area contributed by atoms with Gasteiger partial charge in [0.05, 0.1) is 7.11 Å². The molecule has 0 atom stereocenters. The first-order valence-corrected chi connectivity index (χ1v) is 5.87. The lowest BCUT2D eigenvalue weighted by molar-refractivity contribution is -0.00262. The van der Waals surface area contributed by atoms with Gasteiger partial charge in [0.2, 0.25) is 0 Å². The molecule has 0 aliphatic carbocycles. The monoisotopic (exact) mass is 236 g/mol. The lowest BCUT2D eigenvalue weighted by atomic mass is 9.87. The summed E-state index contributed by atoms with van der Waals surface area (Å²) >= 11 is 0. The molecule has 0 spiro atoms. The highest BCUT2D eigenvalue weighted by atomic mass is 16.5. The van der Waals surface area contributed by atoms with Crippen LogP contribution in [0.25, 0.3) is 0 Å². The third-order valence-corrected chi connectivity index (χ3v) is 3.28. The maximum Gasteiger partial charge on any atom is 0.194 e. The van der Waals surface area contributed by atoms with E-state index in [-0.39, 0.29) is 5.78 Å². The Morgan fingerprint density at radius 2 is 1.88 bits per heavy atom. The van der Waals surface area contributed by atoms with Crippen LogP contribution in [0, 0.1) is 0 Å². The molecule has 3 nitrogen and oxygen atoms in total. The molecule has 1 aromatic rings. The summed E-state index contributed by atoms with van der Waals surface area (Å²) in [6.07, 6.45) is 1.33. The number of ether oxygens (including phenoxy) is 2. The number of carbonyl (C=O) groups excluding carboxylic acids is 1. The van der Waals surface area contributed by atoms with E-state index < -0.39 is 5.60 Å². The summed E-state index contributed by atoms with van der Waals surface area (Å²) in [4.78, 5) is 12.4. The maximum absolute atomic E-state index is 12.4. The number of carbonyl (C=O) groups is 1. The Balaban J connectivity index is 3.09. The Labute approximate surface area is 103 Å². The van der Waals surface area contributed by atoms with E-state index in [1.54, 1.807) is 26.4 Å². The van der Waals surface area contributed by atoms with Crippen LogP contribution in [0.2, 0.25) is 0 Å². The third kappa shape index (κ3) is 2.67.